The summed E-state index contributed by atoms with van der Waals surface area (Å²) in [5.74, 6) is 0.557. The van der Waals surface area contributed by atoms with Crippen LogP contribution in [-0.2, 0) is 16.1 Å². The number of para-hydroxylation sites is 2. The highest BCUT2D eigenvalue weighted by molar-refractivity contribution is 7.09. The minimum atomic E-state index is -0.105. The Bertz CT molecular complexity index is 715. The van der Waals surface area contributed by atoms with Crippen LogP contribution in [0, 0.1) is 0 Å². The highest BCUT2D eigenvalue weighted by Gasteiger charge is 2.27. The summed E-state index contributed by atoms with van der Waals surface area (Å²) < 4.78 is 5.75. The molecule has 1 N–H and O–H groups in total. The molecule has 3 rings (SSSR count). The first kappa shape index (κ1) is 16.5. The van der Waals surface area contributed by atoms with Crippen molar-refractivity contribution in [1.29, 1.82) is 0 Å². The Kier molecular flexibility index (Phi) is 5.15. The van der Waals surface area contributed by atoms with Crippen LogP contribution >= 0.6 is 11.3 Å². The van der Waals surface area contributed by atoms with Gasteiger partial charge in [0.25, 0.3) is 0 Å². The molecule has 126 valence electrons. The van der Waals surface area contributed by atoms with Crippen LogP contribution in [0.1, 0.15) is 24.6 Å². The number of hydrogen-bond donors (Lipinski definition) is 1. The monoisotopic (exact) mass is 344 g/mol. The van der Waals surface area contributed by atoms with Gasteiger partial charge in [-0.15, -0.1) is 11.3 Å². The fraction of sp³-hybridized carbons (Fsp3) is 0.333. The Morgan fingerprint density at radius 1 is 1.25 bits per heavy atom. The molecule has 1 aromatic carbocycles. The Morgan fingerprint density at radius 3 is 2.88 bits per heavy atom. The van der Waals surface area contributed by atoms with Crippen molar-refractivity contribution in [3.63, 3.8) is 0 Å². The first-order valence-corrected chi connectivity index (χ1v) is 8.86. The number of amides is 2. The number of hydrogen-bond acceptors (Lipinski definition) is 4. The quantitative estimate of drug-likeness (QED) is 0.907. The van der Waals surface area contributed by atoms with E-state index in [2.05, 4.69) is 5.32 Å². The lowest BCUT2D eigenvalue weighted by Gasteiger charge is -2.33. The smallest absolute Gasteiger partial charge is 0.227 e. The van der Waals surface area contributed by atoms with Crippen molar-refractivity contribution < 1.29 is 14.3 Å². The predicted molar refractivity (Wildman–Crippen MR) is 94.3 cm³/mol. The van der Waals surface area contributed by atoms with Gasteiger partial charge in [-0.05, 0) is 30.5 Å². The van der Waals surface area contributed by atoms with Gasteiger partial charge in [0.15, 0.2) is 0 Å². The number of rotatable bonds is 5. The normalized spacial score (nSPS) is 16.2. The van der Waals surface area contributed by atoms with Crippen LogP contribution < -0.4 is 15.0 Å². The Hall–Kier alpha value is -2.34. The zero-order chi connectivity index (χ0) is 16.9. The SMILES string of the molecule is C[C@@H]1CN(C(=O)CCC(=O)NCc2cccs2)c2ccccc2O1. The third kappa shape index (κ3) is 3.94. The van der Waals surface area contributed by atoms with Gasteiger partial charge in [-0.3, -0.25) is 9.59 Å². The molecule has 0 fully saturated rings. The number of ether oxygens (including phenoxy) is 1. The van der Waals surface area contributed by atoms with Crippen molar-refractivity contribution in [2.24, 2.45) is 0 Å². The van der Waals surface area contributed by atoms with E-state index in [-0.39, 0.29) is 30.8 Å². The third-order valence-electron chi connectivity index (χ3n) is 3.83. The lowest BCUT2D eigenvalue weighted by atomic mass is 10.1. The molecule has 24 heavy (non-hydrogen) atoms. The predicted octanol–water partition coefficient (Wildman–Crippen LogP) is 2.96. The van der Waals surface area contributed by atoms with Crippen LogP contribution in [0.2, 0.25) is 0 Å². The van der Waals surface area contributed by atoms with Gasteiger partial charge in [0, 0.05) is 17.7 Å². The van der Waals surface area contributed by atoms with E-state index >= 15 is 0 Å². The molecular weight excluding hydrogens is 324 g/mol. The summed E-state index contributed by atoms with van der Waals surface area (Å²) in [6.45, 7) is 2.96. The van der Waals surface area contributed by atoms with Crippen molar-refractivity contribution >= 4 is 28.8 Å². The molecule has 0 radical (unpaired) electrons. The molecule has 1 aliphatic rings. The van der Waals surface area contributed by atoms with Crippen LogP contribution in [0.3, 0.4) is 0 Å². The lowest BCUT2D eigenvalue weighted by Crippen LogP contribution is -2.42. The maximum absolute atomic E-state index is 12.5. The van der Waals surface area contributed by atoms with E-state index in [0.717, 1.165) is 10.6 Å². The maximum Gasteiger partial charge on any atom is 0.227 e. The van der Waals surface area contributed by atoms with Crippen LogP contribution in [-0.4, -0.2) is 24.5 Å². The third-order valence-corrected chi connectivity index (χ3v) is 4.71. The summed E-state index contributed by atoms with van der Waals surface area (Å²) in [4.78, 5) is 27.3. The number of nitrogens with zero attached hydrogens (tertiary/aromatic N) is 1. The van der Waals surface area contributed by atoms with Crippen molar-refractivity contribution in [2.75, 3.05) is 11.4 Å². The van der Waals surface area contributed by atoms with Gasteiger partial charge in [-0.1, -0.05) is 18.2 Å². The second-order valence-electron chi connectivity index (χ2n) is 5.76. The molecule has 1 aromatic heterocycles. The molecule has 1 atom stereocenters. The molecule has 0 saturated carbocycles. The fourth-order valence-electron chi connectivity index (χ4n) is 2.67. The van der Waals surface area contributed by atoms with E-state index in [1.807, 2.05) is 48.7 Å². The highest BCUT2D eigenvalue weighted by Crippen LogP contribution is 2.33. The fourth-order valence-corrected chi connectivity index (χ4v) is 3.31. The summed E-state index contributed by atoms with van der Waals surface area (Å²) in [5.41, 5.74) is 0.777. The number of carbonyl (C=O) groups is 2. The molecule has 2 aromatic rings. The first-order chi connectivity index (χ1) is 11.6. The van der Waals surface area contributed by atoms with Gasteiger partial charge in [0.05, 0.1) is 18.8 Å². The molecule has 0 unspecified atom stereocenters. The number of fused-ring (bicyclic) bond motifs is 1. The average molecular weight is 344 g/mol. The maximum atomic E-state index is 12.5. The number of benzene rings is 1. The number of nitrogens with one attached hydrogen (secondary N) is 1. The summed E-state index contributed by atoms with van der Waals surface area (Å²) in [6.07, 6.45) is 0.326. The Morgan fingerprint density at radius 2 is 2.08 bits per heavy atom. The molecule has 2 amide bonds. The molecule has 0 aliphatic carbocycles. The van der Waals surface area contributed by atoms with Gasteiger partial charge in [0.2, 0.25) is 11.8 Å². The largest absolute Gasteiger partial charge is 0.487 e. The Balaban J connectivity index is 1.54. The minimum absolute atomic E-state index is 0.0520. The van der Waals surface area contributed by atoms with Crippen molar-refractivity contribution in [3.05, 3.63) is 46.7 Å². The summed E-state index contributed by atoms with van der Waals surface area (Å²) in [6, 6.07) is 11.4. The molecule has 0 spiro atoms. The summed E-state index contributed by atoms with van der Waals surface area (Å²) in [5, 5.41) is 4.82. The van der Waals surface area contributed by atoms with Crippen molar-refractivity contribution in [2.45, 2.75) is 32.4 Å². The van der Waals surface area contributed by atoms with E-state index in [0.29, 0.717) is 18.8 Å². The zero-order valence-electron chi connectivity index (χ0n) is 13.5. The average Bonchev–Trinajstić information content (AvgIpc) is 3.10. The van der Waals surface area contributed by atoms with Gasteiger partial charge >= 0.3 is 0 Å². The minimum Gasteiger partial charge on any atom is -0.487 e. The van der Waals surface area contributed by atoms with Gasteiger partial charge in [-0.25, -0.2) is 0 Å². The Labute approximate surface area is 145 Å². The number of anilines is 1. The molecule has 1 aliphatic heterocycles. The number of carbonyl (C=O) groups excluding carboxylic acids is 2. The number of thiophene rings is 1. The van der Waals surface area contributed by atoms with Crippen LogP contribution in [0.4, 0.5) is 5.69 Å². The van der Waals surface area contributed by atoms with Gasteiger partial charge in [-0.2, -0.15) is 0 Å². The standard InChI is InChI=1S/C18H20N2O3S/c1-13-12-20(15-6-2-3-7-16(15)23-13)18(22)9-8-17(21)19-11-14-5-4-10-24-14/h2-7,10,13H,8-9,11-12H2,1H3,(H,19,21)/t13-/m1/s1. The highest BCUT2D eigenvalue weighted by atomic mass is 32.1. The lowest BCUT2D eigenvalue weighted by molar-refractivity contribution is -0.125. The van der Waals surface area contributed by atoms with E-state index in [4.69, 9.17) is 4.74 Å². The van der Waals surface area contributed by atoms with E-state index in [1.54, 1.807) is 16.2 Å². The summed E-state index contributed by atoms with van der Waals surface area (Å²) >= 11 is 1.60. The zero-order valence-corrected chi connectivity index (χ0v) is 14.3. The van der Waals surface area contributed by atoms with Gasteiger partial charge < -0.3 is 15.0 Å². The van der Waals surface area contributed by atoms with Crippen molar-refractivity contribution in [1.82, 2.24) is 5.32 Å². The van der Waals surface area contributed by atoms with E-state index in [9.17, 15) is 9.59 Å². The van der Waals surface area contributed by atoms with Crippen LogP contribution in [0.5, 0.6) is 5.75 Å². The second-order valence-corrected chi connectivity index (χ2v) is 6.79. The van der Waals surface area contributed by atoms with Crippen LogP contribution in [0.25, 0.3) is 0 Å². The van der Waals surface area contributed by atoms with E-state index in [1.165, 1.54) is 0 Å². The molecular formula is C18H20N2O3S. The first-order valence-electron chi connectivity index (χ1n) is 7.98. The van der Waals surface area contributed by atoms with Crippen molar-refractivity contribution in [3.8, 4) is 5.75 Å². The molecule has 5 nitrogen and oxygen atoms in total. The van der Waals surface area contributed by atoms with Gasteiger partial charge in [0.1, 0.15) is 11.9 Å². The molecule has 2 heterocycles. The molecule has 6 heteroatoms. The van der Waals surface area contributed by atoms with E-state index < -0.39 is 0 Å². The summed E-state index contributed by atoms with van der Waals surface area (Å²) in [7, 11) is 0. The van der Waals surface area contributed by atoms with Crippen LogP contribution in [0.15, 0.2) is 41.8 Å². The topological polar surface area (TPSA) is 58.6 Å². The molecule has 0 saturated heterocycles. The second kappa shape index (κ2) is 7.49. The molecule has 0 bridgehead atoms.